The highest BCUT2D eigenvalue weighted by molar-refractivity contribution is 5.93. The number of nitrogens with zero attached hydrogens (tertiary/aromatic N) is 1. The number of aliphatic imine (C=N–C) groups is 1. The molecule has 0 aliphatic carbocycles. The van der Waals surface area contributed by atoms with E-state index >= 15 is 0 Å². The maximum Gasteiger partial charge on any atom is 0.387 e. The molecule has 0 radical (unpaired) electrons. The Morgan fingerprint density at radius 2 is 1.72 bits per heavy atom. The van der Waals surface area contributed by atoms with Crippen LogP contribution in [0.3, 0.4) is 0 Å². The lowest BCUT2D eigenvalue weighted by atomic mass is 10.2. The number of rotatable bonds is 9. The lowest BCUT2D eigenvalue weighted by Gasteiger charge is -2.15. The lowest BCUT2D eigenvalue weighted by Crippen LogP contribution is -2.30. The smallest absolute Gasteiger partial charge is 0.387 e. The van der Waals surface area contributed by atoms with Crippen LogP contribution in [0.1, 0.15) is 12.5 Å². The van der Waals surface area contributed by atoms with Gasteiger partial charge in [-0.05, 0) is 36.8 Å². The van der Waals surface area contributed by atoms with Gasteiger partial charge in [-0.15, -0.1) is 0 Å². The molecule has 0 atom stereocenters. The first kappa shape index (κ1) is 22.1. The molecule has 0 unspecified atom stereocenters. The second-order valence-electron chi connectivity index (χ2n) is 5.71. The number of nitrogens with one attached hydrogen (secondary N) is 2. The quantitative estimate of drug-likeness (QED) is 0.484. The number of alkyl halides is 2. The molecule has 2 rings (SSSR count). The minimum absolute atomic E-state index is 0.0269. The third kappa shape index (κ3) is 6.41. The van der Waals surface area contributed by atoms with E-state index in [-0.39, 0.29) is 11.5 Å². The van der Waals surface area contributed by atoms with E-state index < -0.39 is 6.61 Å². The van der Waals surface area contributed by atoms with Crippen LogP contribution >= 0.6 is 0 Å². The average Bonchev–Trinajstić information content (AvgIpc) is 2.71. The Hall–Kier alpha value is -3.23. The number of anilines is 1. The fraction of sp³-hybridized carbons (Fsp3) is 0.350. The van der Waals surface area contributed by atoms with Crippen molar-refractivity contribution in [2.24, 2.45) is 4.99 Å². The molecule has 0 bridgehead atoms. The third-order valence-corrected chi connectivity index (χ3v) is 3.85. The Morgan fingerprint density at radius 3 is 2.34 bits per heavy atom. The number of ether oxygens (including phenoxy) is 4. The van der Waals surface area contributed by atoms with Crippen LogP contribution in [-0.4, -0.2) is 40.4 Å². The maximum absolute atomic E-state index is 12.6. The standard InChI is InChI=1S/C20H25F2N3O4/c1-5-28-16-9-7-14(11-17(16)27-4)25-20(23-2)24-12-13-6-8-15(26-3)18(10-13)29-19(21)22/h6-11,19H,5,12H2,1-4H3,(H2,23,24,25). The Labute approximate surface area is 168 Å². The number of hydrogen-bond acceptors (Lipinski definition) is 5. The van der Waals surface area contributed by atoms with Crippen LogP contribution in [-0.2, 0) is 6.54 Å². The van der Waals surface area contributed by atoms with Crippen molar-refractivity contribution >= 4 is 11.6 Å². The fourth-order valence-corrected chi connectivity index (χ4v) is 2.54. The monoisotopic (exact) mass is 409 g/mol. The van der Waals surface area contributed by atoms with Crippen molar-refractivity contribution in [1.29, 1.82) is 0 Å². The zero-order valence-electron chi connectivity index (χ0n) is 16.8. The first-order chi connectivity index (χ1) is 14.0. The van der Waals surface area contributed by atoms with Crippen molar-refractivity contribution in [1.82, 2.24) is 5.32 Å². The molecule has 158 valence electrons. The zero-order valence-corrected chi connectivity index (χ0v) is 16.8. The van der Waals surface area contributed by atoms with E-state index in [1.165, 1.54) is 13.2 Å². The van der Waals surface area contributed by atoms with Gasteiger partial charge < -0.3 is 29.6 Å². The molecule has 0 saturated heterocycles. The van der Waals surface area contributed by atoms with Gasteiger partial charge in [-0.3, -0.25) is 4.99 Å². The lowest BCUT2D eigenvalue weighted by molar-refractivity contribution is -0.0512. The molecule has 0 aliphatic heterocycles. The fourth-order valence-electron chi connectivity index (χ4n) is 2.54. The normalized spacial score (nSPS) is 11.2. The van der Waals surface area contributed by atoms with Crippen LogP contribution in [0.4, 0.5) is 14.5 Å². The predicted octanol–water partition coefficient (Wildman–Crippen LogP) is 3.89. The number of guanidine groups is 1. The average molecular weight is 409 g/mol. The molecule has 2 aromatic carbocycles. The van der Waals surface area contributed by atoms with E-state index in [9.17, 15) is 8.78 Å². The number of benzene rings is 2. The molecule has 0 aliphatic rings. The Bertz CT molecular complexity index is 831. The highest BCUT2D eigenvalue weighted by Gasteiger charge is 2.12. The van der Waals surface area contributed by atoms with Crippen LogP contribution in [0.5, 0.6) is 23.0 Å². The molecule has 29 heavy (non-hydrogen) atoms. The summed E-state index contributed by atoms with van der Waals surface area (Å²) in [5.41, 5.74) is 1.46. The summed E-state index contributed by atoms with van der Waals surface area (Å²) in [6, 6.07) is 10.2. The summed E-state index contributed by atoms with van der Waals surface area (Å²) in [4.78, 5) is 4.16. The van der Waals surface area contributed by atoms with Crippen LogP contribution < -0.4 is 29.6 Å². The van der Waals surface area contributed by atoms with Crippen molar-refractivity contribution in [2.75, 3.05) is 33.2 Å². The molecule has 0 spiro atoms. The maximum atomic E-state index is 12.6. The molecular weight excluding hydrogens is 384 g/mol. The van der Waals surface area contributed by atoms with Gasteiger partial charge in [0.2, 0.25) is 0 Å². The van der Waals surface area contributed by atoms with E-state index in [1.54, 1.807) is 38.4 Å². The van der Waals surface area contributed by atoms with Crippen molar-refractivity contribution in [3.05, 3.63) is 42.0 Å². The molecule has 0 heterocycles. The molecular formula is C20H25F2N3O4. The van der Waals surface area contributed by atoms with Gasteiger partial charge in [-0.25, -0.2) is 0 Å². The second kappa shape index (κ2) is 10.9. The van der Waals surface area contributed by atoms with E-state index in [0.29, 0.717) is 36.2 Å². The molecule has 9 heteroatoms. The van der Waals surface area contributed by atoms with Gasteiger partial charge in [-0.2, -0.15) is 8.78 Å². The van der Waals surface area contributed by atoms with Crippen molar-refractivity contribution in [3.8, 4) is 23.0 Å². The topological polar surface area (TPSA) is 73.3 Å². The Balaban J connectivity index is 2.06. The molecule has 7 nitrogen and oxygen atoms in total. The van der Waals surface area contributed by atoms with Gasteiger partial charge in [0.15, 0.2) is 29.0 Å². The molecule has 2 N–H and O–H groups in total. The Morgan fingerprint density at radius 1 is 1.00 bits per heavy atom. The summed E-state index contributed by atoms with van der Waals surface area (Å²) in [7, 11) is 4.58. The van der Waals surface area contributed by atoms with E-state index in [1.807, 2.05) is 13.0 Å². The minimum Gasteiger partial charge on any atom is -0.493 e. The number of methoxy groups -OCH3 is 2. The zero-order chi connectivity index (χ0) is 21.2. The first-order valence-electron chi connectivity index (χ1n) is 8.90. The van der Waals surface area contributed by atoms with Gasteiger partial charge in [0.1, 0.15) is 0 Å². The van der Waals surface area contributed by atoms with Crippen LogP contribution in [0.2, 0.25) is 0 Å². The summed E-state index contributed by atoms with van der Waals surface area (Å²) in [5.74, 6) is 1.94. The summed E-state index contributed by atoms with van der Waals surface area (Å²) in [6.07, 6.45) is 0. The van der Waals surface area contributed by atoms with Crippen LogP contribution in [0.15, 0.2) is 41.4 Å². The first-order valence-corrected chi connectivity index (χ1v) is 8.90. The van der Waals surface area contributed by atoms with Gasteiger partial charge in [0.05, 0.1) is 20.8 Å². The van der Waals surface area contributed by atoms with Gasteiger partial charge in [-0.1, -0.05) is 6.07 Å². The van der Waals surface area contributed by atoms with E-state index in [2.05, 4.69) is 20.4 Å². The molecule has 2 aromatic rings. The van der Waals surface area contributed by atoms with E-state index in [4.69, 9.17) is 14.2 Å². The van der Waals surface area contributed by atoms with E-state index in [0.717, 1.165) is 5.69 Å². The molecule has 0 amide bonds. The van der Waals surface area contributed by atoms with Crippen LogP contribution in [0.25, 0.3) is 0 Å². The summed E-state index contributed by atoms with van der Waals surface area (Å²) in [6.45, 7) is -0.173. The SMILES string of the molecule is CCOc1ccc(NC(=NC)NCc2ccc(OC)c(OC(F)F)c2)cc1OC. The van der Waals surface area contributed by atoms with Gasteiger partial charge in [0, 0.05) is 25.3 Å². The van der Waals surface area contributed by atoms with Crippen molar-refractivity contribution in [2.45, 2.75) is 20.1 Å². The number of hydrogen-bond donors (Lipinski definition) is 2. The number of halogens is 2. The van der Waals surface area contributed by atoms with Gasteiger partial charge in [0.25, 0.3) is 0 Å². The highest BCUT2D eigenvalue weighted by atomic mass is 19.3. The van der Waals surface area contributed by atoms with Crippen molar-refractivity contribution in [3.63, 3.8) is 0 Å². The summed E-state index contributed by atoms with van der Waals surface area (Å²) < 4.78 is 45.5. The molecule has 0 fully saturated rings. The minimum atomic E-state index is -2.93. The summed E-state index contributed by atoms with van der Waals surface area (Å²) in [5, 5.41) is 6.25. The molecule has 0 saturated carbocycles. The highest BCUT2D eigenvalue weighted by Crippen LogP contribution is 2.31. The van der Waals surface area contributed by atoms with Crippen molar-refractivity contribution < 1.29 is 27.7 Å². The van der Waals surface area contributed by atoms with Crippen LogP contribution in [0, 0.1) is 0 Å². The predicted molar refractivity (Wildman–Crippen MR) is 108 cm³/mol. The van der Waals surface area contributed by atoms with Gasteiger partial charge >= 0.3 is 6.61 Å². The summed E-state index contributed by atoms with van der Waals surface area (Å²) >= 11 is 0. The third-order valence-electron chi connectivity index (χ3n) is 3.85. The Kier molecular flexibility index (Phi) is 8.32. The molecule has 0 aromatic heterocycles. The largest absolute Gasteiger partial charge is 0.493 e. The second-order valence-corrected chi connectivity index (χ2v) is 5.71.